The Labute approximate surface area is 178 Å². The number of aryl methyl sites for hydroxylation is 1. The van der Waals surface area contributed by atoms with Crippen LogP contribution in [0.5, 0.6) is 0 Å². The topological polar surface area (TPSA) is 52.5 Å². The molecule has 1 aromatic carbocycles. The third-order valence-electron chi connectivity index (χ3n) is 6.04. The summed E-state index contributed by atoms with van der Waals surface area (Å²) in [4.78, 5) is 14.4. The molecule has 0 spiro atoms. The first-order valence-electron chi connectivity index (χ1n) is 10.5. The second-order valence-corrected chi connectivity index (χ2v) is 8.52. The van der Waals surface area contributed by atoms with Crippen LogP contribution in [-0.4, -0.2) is 52.7 Å². The van der Waals surface area contributed by atoms with Gasteiger partial charge in [0.15, 0.2) is 5.82 Å². The lowest BCUT2D eigenvalue weighted by molar-refractivity contribution is 0.119. The number of anilines is 1. The van der Waals surface area contributed by atoms with Gasteiger partial charge in [0.1, 0.15) is 5.82 Å². The van der Waals surface area contributed by atoms with Crippen LogP contribution in [0.3, 0.4) is 0 Å². The van der Waals surface area contributed by atoms with E-state index in [1.807, 2.05) is 24.3 Å². The van der Waals surface area contributed by atoms with Crippen LogP contribution >= 0.6 is 11.6 Å². The summed E-state index contributed by atoms with van der Waals surface area (Å²) < 4.78 is 0. The molecule has 1 saturated heterocycles. The monoisotopic (exact) mass is 412 g/mol. The zero-order valence-corrected chi connectivity index (χ0v) is 18.0. The fourth-order valence-corrected chi connectivity index (χ4v) is 4.24. The minimum Gasteiger partial charge on any atom is -0.387 e. The maximum Gasteiger partial charge on any atom is 0.157 e. The van der Waals surface area contributed by atoms with E-state index in [-0.39, 0.29) is 0 Å². The van der Waals surface area contributed by atoms with Gasteiger partial charge in [-0.05, 0) is 56.4 Å². The van der Waals surface area contributed by atoms with Crippen molar-refractivity contribution in [3.63, 3.8) is 0 Å². The van der Waals surface area contributed by atoms with Gasteiger partial charge in [-0.25, -0.2) is 9.97 Å². The van der Waals surface area contributed by atoms with Crippen molar-refractivity contribution in [2.24, 2.45) is 0 Å². The Kier molecular flexibility index (Phi) is 6.18. The lowest BCUT2D eigenvalue weighted by atomic mass is 10.0. The summed E-state index contributed by atoms with van der Waals surface area (Å²) in [5, 5.41) is 11.2. The molecule has 3 heterocycles. The molecular formula is C23H29ClN4O. The molecule has 1 fully saturated rings. The number of aliphatic hydroxyl groups excluding tert-OH is 1. The number of hydrogen-bond acceptors (Lipinski definition) is 5. The van der Waals surface area contributed by atoms with Crippen molar-refractivity contribution in [1.29, 1.82) is 0 Å². The molecule has 0 aliphatic carbocycles. The van der Waals surface area contributed by atoms with Gasteiger partial charge in [-0.15, -0.1) is 0 Å². The molecule has 2 aliphatic rings. The molecule has 0 radical (unpaired) electrons. The van der Waals surface area contributed by atoms with Crippen molar-refractivity contribution in [3.8, 4) is 0 Å². The molecule has 0 bridgehead atoms. The molecule has 2 aliphatic heterocycles. The molecule has 0 amide bonds. The lowest BCUT2D eigenvalue weighted by Gasteiger charge is -2.28. The number of benzene rings is 1. The molecule has 1 N–H and O–H groups in total. The second-order valence-electron chi connectivity index (χ2n) is 8.08. The fraction of sp³-hybridized carbons (Fsp3) is 0.478. The highest BCUT2D eigenvalue weighted by Crippen LogP contribution is 2.28. The highest BCUT2D eigenvalue weighted by molar-refractivity contribution is 6.30. The average molecular weight is 413 g/mol. The first kappa shape index (κ1) is 20.3. The normalized spacial score (nSPS) is 18.8. The first-order valence-corrected chi connectivity index (χ1v) is 10.8. The maximum atomic E-state index is 10.5. The van der Waals surface area contributed by atoms with Crippen LogP contribution in [0.4, 0.5) is 5.82 Å². The SMILES string of the molecule is Cc1nc(C2=CCN(C[C@H](O)c3ccc(Cl)cc3)CC2)nc(N2CCCC2)c1C. The summed E-state index contributed by atoms with van der Waals surface area (Å²) in [7, 11) is 0. The van der Waals surface area contributed by atoms with Crippen molar-refractivity contribution in [2.75, 3.05) is 37.6 Å². The van der Waals surface area contributed by atoms with Crippen molar-refractivity contribution < 1.29 is 5.11 Å². The predicted octanol–water partition coefficient (Wildman–Crippen LogP) is 4.17. The molecule has 5 nitrogen and oxygen atoms in total. The van der Waals surface area contributed by atoms with Crippen LogP contribution in [0.25, 0.3) is 5.57 Å². The second kappa shape index (κ2) is 8.82. The minimum atomic E-state index is -0.512. The van der Waals surface area contributed by atoms with Crippen LogP contribution < -0.4 is 4.90 Å². The van der Waals surface area contributed by atoms with Gasteiger partial charge in [-0.1, -0.05) is 29.8 Å². The summed E-state index contributed by atoms with van der Waals surface area (Å²) in [5.41, 5.74) is 4.38. The van der Waals surface area contributed by atoms with E-state index in [9.17, 15) is 5.11 Å². The van der Waals surface area contributed by atoms with Crippen molar-refractivity contribution in [1.82, 2.24) is 14.9 Å². The zero-order chi connectivity index (χ0) is 20.4. The standard InChI is InChI=1S/C23H29ClN4O/c1-16-17(2)25-22(26-23(16)28-11-3-4-12-28)19-9-13-27(14-10-19)15-21(29)18-5-7-20(24)8-6-18/h5-9,21,29H,3-4,10-15H2,1-2H3/t21-/m0/s1. The van der Waals surface area contributed by atoms with Crippen LogP contribution in [0.2, 0.25) is 5.02 Å². The first-order chi connectivity index (χ1) is 14.0. The van der Waals surface area contributed by atoms with Crippen LogP contribution in [0.15, 0.2) is 30.3 Å². The third kappa shape index (κ3) is 4.63. The van der Waals surface area contributed by atoms with E-state index in [1.54, 1.807) is 0 Å². The van der Waals surface area contributed by atoms with Gasteiger partial charge in [-0.2, -0.15) is 0 Å². The Bertz CT molecular complexity index is 890. The quantitative estimate of drug-likeness (QED) is 0.798. The molecular weight excluding hydrogens is 384 g/mol. The van der Waals surface area contributed by atoms with Crippen LogP contribution in [0, 0.1) is 13.8 Å². The van der Waals surface area contributed by atoms with Gasteiger partial charge in [0.2, 0.25) is 0 Å². The number of nitrogens with zero attached hydrogens (tertiary/aromatic N) is 4. The van der Waals surface area contributed by atoms with Gasteiger partial charge >= 0.3 is 0 Å². The highest BCUT2D eigenvalue weighted by atomic mass is 35.5. The minimum absolute atomic E-state index is 0.512. The van der Waals surface area contributed by atoms with Crippen molar-refractivity contribution in [3.05, 3.63) is 58.0 Å². The highest BCUT2D eigenvalue weighted by Gasteiger charge is 2.22. The number of aliphatic hydroxyl groups is 1. The summed E-state index contributed by atoms with van der Waals surface area (Å²) in [6, 6.07) is 7.43. The summed E-state index contributed by atoms with van der Waals surface area (Å²) in [6.07, 6.45) is 5.09. The van der Waals surface area contributed by atoms with E-state index in [2.05, 4.69) is 29.7 Å². The zero-order valence-electron chi connectivity index (χ0n) is 17.2. The van der Waals surface area contributed by atoms with Gasteiger partial charge in [0, 0.05) is 49.0 Å². The average Bonchev–Trinajstić information content (AvgIpc) is 3.25. The molecule has 154 valence electrons. The van der Waals surface area contributed by atoms with Crippen molar-refractivity contribution >= 4 is 23.0 Å². The van der Waals surface area contributed by atoms with E-state index >= 15 is 0 Å². The van der Waals surface area contributed by atoms with Gasteiger partial charge < -0.3 is 10.0 Å². The van der Waals surface area contributed by atoms with Crippen LogP contribution in [-0.2, 0) is 0 Å². The molecule has 0 saturated carbocycles. The molecule has 0 unspecified atom stereocenters. The van der Waals surface area contributed by atoms with Gasteiger partial charge in [0.05, 0.1) is 6.10 Å². The van der Waals surface area contributed by atoms with Gasteiger partial charge in [0.25, 0.3) is 0 Å². The fourth-order valence-electron chi connectivity index (χ4n) is 4.11. The van der Waals surface area contributed by atoms with E-state index in [0.717, 1.165) is 55.5 Å². The molecule has 2 aromatic rings. The number of rotatable bonds is 5. The third-order valence-corrected chi connectivity index (χ3v) is 6.29. The lowest BCUT2D eigenvalue weighted by Crippen LogP contribution is -2.33. The summed E-state index contributed by atoms with van der Waals surface area (Å²) >= 11 is 5.94. The number of aromatic nitrogens is 2. The summed E-state index contributed by atoms with van der Waals surface area (Å²) in [6.45, 7) is 8.69. The Morgan fingerprint density at radius 3 is 2.45 bits per heavy atom. The van der Waals surface area contributed by atoms with E-state index in [1.165, 1.54) is 24.0 Å². The van der Waals surface area contributed by atoms with E-state index in [0.29, 0.717) is 11.6 Å². The van der Waals surface area contributed by atoms with E-state index < -0.39 is 6.10 Å². The van der Waals surface area contributed by atoms with Gasteiger partial charge in [-0.3, -0.25) is 4.90 Å². The number of β-amino-alcohol motifs (C(OH)–C–C–N with tert-alkyl or cyclic N) is 1. The van der Waals surface area contributed by atoms with E-state index in [4.69, 9.17) is 21.6 Å². The van der Waals surface area contributed by atoms with Crippen LogP contribution in [0.1, 0.15) is 48.0 Å². The molecule has 1 atom stereocenters. The predicted molar refractivity (Wildman–Crippen MR) is 118 cm³/mol. The Morgan fingerprint density at radius 2 is 1.79 bits per heavy atom. The molecule has 1 aromatic heterocycles. The summed E-state index contributed by atoms with van der Waals surface area (Å²) in [5.74, 6) is 1.97. The largest absolute Gasteiger partial charge is 0.387 e. The van der Waals surface area contributed by atoms with Crippen molar-refractivity contribution in [2.45, 2.75) is 39.2 Å². The maximum absolute atomic E-state index is 10.5. The molecule has 4 rings (SSSR count). The smallest absolute Gasteiger partial charge is 0.157 e. The number of halogens is 1. The number of hydrogen-bond donors (Lipinski definition) is 1. The Hall–Kier alpha value is -1.95. The molecule has 29 heavy (non-hydrogen) atoms. The Morgan fingerprint density at radius 1 is 1.07 bits per heavy atom. The molecule has 6 heteroatoms. The Balaban J connectivity index is 1.45.